The summed E-state index contributed by atoms with van der Waals surface area (Å²) < 4.78 is 70.6. The molecule has 0 saturated carbocycles. The first-order chi connectivity index (χ1) is 5.10. The molecular formula is H16O16S3. The highest BCUT2D eigenvalue weighted by atomic mass is 32.3. The lowest BCUT2D eigenvalue weighted by Crippen LogP contribution is -2.13. The minimum absolute atomic E-state index is 0. The van der Waals surface area contributed by atoms with Gasteiger partial charge < -0.3 is 38.3 Å². The first-order valence-corrected chi connectivity index (χ1v) is 5.60. The Balaban J connectivity index is -0.0000000288. The van der Waals surface area contributed by atoms with Crippen LogP contribution in [-0.4, -0.2) is 68.5 Å². The van der Waals surface area contributed by atoms with Crippen LogP contribution in [0.25, 0.3) is 0 Å². The van der Waals surface area contributed by atoms with E-state index >= 15 is 0 Å². The van der Waals surface area contributed by atoms with E-state index in [9.17, 15) is 21.0 Å². The standard InChI is InChI=1S/H2O9S3.7H2O/c1-10(8-11(2,3)4)9-12(5,6)7;;;;;;;/h(H,2,3,4)(H,5,6,7);7*1H2. The Kier molecular flexibility index (Phi) is 47.5. The minimum atomic E-state index is -5.10. The van der Waals surface area contributed by atoms with Crippen LogP contribution >= 0.6 is 0 Å². The maximum atomic E-state index is 10.1. The zero-order chi connectivity index (χ0) is 9.99. The first-order valence-electron chi connectivity index (χ1n) is 1.87. The molecule has 0 aliphatic heterocycles. The molecule has 0 heterocycles. The number of hydrogen-bond donors (Lipinski definition) is 2. The topological polar surface area (TPSA) is 365 Å². The van der Waals surface area contributed by atoms with Crippen molar-refractivity contribution in [3.05, 3.63) is 0 Å². The normalized spacial score (nSPS) is 8.58. The predicted octanol–water partition coefficient (Wildman–Crippen LogP) is -7.57. The third kappa shape index (κ3) is 46.5. The highest BCUT2D eigenvalue weighted by Crippen LogP contribution is 1.98. The average molecular weight is 368 g/mol. The van der Waals surface area contributed by atoms with Crippen LogP contribution in [0.1, 0.15) is 0 Å². The van der Waals surface area contributed by atoms with Crippen LogP contribution in [0.15, 0.2) is 0 Å². The Hall–Kier alpha value is -0.390. The van der Waals surface area contributed by atoms with Gasteiger partial charge in [-0.25, -0.2) is 0 Å². The lowest BCUT2D eigenvalue weighted by Gasteiger charge is -1.95. The molecule has 0 amide bonds. The van der Waals surface area contributed by atoms with Crippen molar-refractivity contribution in [1.29, 1.82) is 0 Å². The quantitative estimate of drug-likeness (QED) is 0.444. The van der Waals surface area contributed by atoms with Gasteiger partial charge in [0.2, 0.25) is 0 Å². The van der Waals surface area contributed by atoms with Crippen molar-refractivity contribution in [1.82, 2.24) is 0 Å². The third-order valence-corrected chi connectivity index (χ3v) is 2.55. The lowest BCUT2D eigenvalue weighted by atomic mass is 15.7. The molecule has 16 N–H and O–H groups in total. The lowest BCUT2D eigenvalue weighted by molar-refractivity contribution is 0.357. The molecule has 0 spiro atoms. The Morgan fingerprint density at radius 1 is 0.632 bits per heavy atom. The van der Waals surface area contributed by atoms with E-state index < -0.39 is 32.2 Å². The molecule has 130 valence electrons. The van der Waals surface area contributed by atoms with Crippen LogP contribution in [0, 0.1) is 0 Å². The summed E-state index contributed by atoms with van der Waals surface area (Å²) in [5.74, 6) is 0. The van der Waals surface area contributed by atoms with E-state index in [1.165, 1.54) is 0 Å². The van der Waals surface area contributed by atoms with Crippen LogP contribution < -0.4 is 0 Å². The third-order valence-electron chi connectivity index (χ3n) is 0.283. The molecule has 0 bridgehead atoms. The fourth-order valence-electron chi connectivity index (χ4n) is 0.152. The van der Waals surface area contributed by atoms with Gasteiger partial charge in [-0.2, -0.15) is 21.0 Å². The van der Waals surface area contributed by atoms with Crippen molar-refractivity contribution >= 4 is 32.2 Å². The van der Waals surface area contributed by atoms with E-state index in [2.05, 4.69) is 7.26 Å². The fourth-order valence-corrected chi connectivity index (χ4v) is 1.57. The smallest absolute Gasteiger partial charge is 0.412 e. The molecule has 0 aliphatic carbocycles. The van der Waals surface area contributed by atoms with Gasteiger partial charge in [-0.15, -0.1) is 7.26 Å². The summed E-state index contributed by atoms with van der Waals surface area (Å²) >= 11 is -3.33. The SMILES string of the molecule is O.O.O.O.O.O.O.O=S(OS(=O)(=O)O)OS(=O)(=O)O. The summed E-state index contributed by atoms with van der Waals surface area (Å²) in [6.07, 6.45) is 0. The highest BCUT2D eigenvalue weighted by molar-refractivity contribution is 7.97. The largest absolute Gasteiger partial charge is 0.412 e. The molecule has 16 nitrogen and oxygen atoms in total. The Bertz CT molecular complexity index is 319. The van der Waals surface area contributed by atoms with Gasteiger partial charge in [-0.3, -0.25) is 9.11 Å². The van der Waals surface area contributed by atoms with Crippen molar-refractivity contribution in [3.63, 3.8) is 0 Å². The van der Waals surface area contributed by atoms with Crippen molar-refractivity contribution in [3.8, 4) is 0 Å². The Morgan fingerprint density at radius 3 is 0.895 bits per heavy atom. The van der Waals surface area contributed by atoms with Gasteiger partial charge in [-0.05, 0) is 0 Å². The molecule has 0 unspecified atom stereocenters. The van der Waals surface area contributed by atoms with Crippen LogP contribution in [0.5, 0.6) is 0 Å². The molecule has 0 saturated heterocycles. The molecular weight excluding hydrogens is 352 g/mol. The highest BCUT2D eigenvalue weighted by Gasteiger charge is 2.19. The number of hydrogen-bond acceptors (Lipinski definition) is 7. The summed E-state index contributed by atoms with van der Waals surface area (Å²) in [4.78, 5) is 0. The maximum absolute atomic E-state index is 10.1. The van der Waals surface area contributed by atoms with Gasteiger partial charge in [0.25, 0.3) is 0 Å². The molecule has 0 atom stereocenters. The fraction of sp³-hybridized carbons (Fsp3) is 0. The van der Waals surface area contributed by atoms with Gasteiger partial charge in [0, 0.05) is 0 Å². The van der Waals surface area contributed by atoms with E-state index in [1.807, 2.05) is 0 Å². The monoisotopic (exact) mass is 368 g/mol. The second-order valence-corrected chi connectivity index (χ2v) is 4.40. The molecule has 0 aliphatic rings. The summed E-state index contributed by atoms with van der Waals surface area (Å²) in [5, 5.41) is 0. The van der Waals surface area contributed by atoms with Crippen molar-refractivity contribution in [2.45, 2.75) is 0 Å². The van der Waals surface area contributed by atoms with Crippen molar-refractivity contribution in [2.75, 3.05) is 0 Å². The van der Waals surface area contributed by atoms with E-state index in [0.717, 1.165) is 0 Å². The zero-order valence-corrected chi connectivity index (χ0v) is 10.9. The van der Waals surface area contributed by atoms with E-state index in [-0.39, 0.29) is 38.3 Å². The first kappa shape index (κ1) is 51.3. The van der Waals surface area contributed by atoms with E-state index in [0.29, 0.717) is 0 Å². The van der Waals surface area contributed by atoms with Crippen molar-refractivity contribution < 1.29 is 75.7 Å². The predicted molar refractivity (Wildman–Crippen MR) is 58.7 cm³/mol. The summed E-state index contributed by atoms with van der Waals surface area (Å²) in [7, 11) is -10.2. The molecule has 0 rings (SSSR count). The van der Waals surface area contributed by atoms with Gasteiger partial charge in [-0.1, -0.05) is 0 Å². The minimum Gasteiger partial charge on any atom is -0.412 e. The van der Waals surface area contributed by atoms with E-state index in [1.54, 1.807) is 0 Å². The molecule has 0 aromatic heterocycles. The summed E-state index contributed by atoms with van der Waals surface area (Å²) in [6.45, 7) is 0. The molecule has 0 aromatic carbocycles. The van der Waals surface area contributed by atoms with Crippen LogP contribution in [0.2, 0.25) is 0 Å². The second-order valence-electron chi connectivity index (χ2n) is 1.20. The molecule has 19 heavy (non-hydrogen) atoms. The summed E-state index contributed by atoms with van der Waals surface area (Å²) in [6, 6.07) is 0. The Morgan fingerprint density at radius 2 is 0.789 bits per heavy atom. The molecule has 0 aromatic rings. The molecule has 0 radical (unpaired) electrons. The molecule has 19 heteroatoms. The summed E-state index contributed by atoms with van der Waals surface area (Å²) in [5.41, 5.74) is 0. The Labute approximate surface area is 108 Å². The average Bonchev–Trinajstić information content (AvgIpc) is 1.49. The zero-order valence-electron chi connectivity index (χ0n) is 8.48. The van der Waals surface area contributed by atoms with Crippen LogP contribution in [0.4, 0.5) is 0 Å². The van der Waals surface area contributed by atoms with Gasteiger partial charge in [0.1, 0.15) is 0 Å². The van der Waals surface area contributed by atoms with Gasteiger partial charge in [0.05, 0.1) is 0 Å². The van der Waals surface area contributed by atoms with Crippen LogP contribution in [0.3, 0.4) is 0 Å². The number of rotatable bonds is 4. The van der Waals surface area contributed by atoms with Crippen molar-refractivity contribution in [2.24, 2.45) is 0 Å². The van der Waals surface area contributed by atoms with E-state index in [4.69, 9.17) is 9.11 Å². The second kappa shape index (κ2) is 17.6. The van der Waals surface area contributed by atoms with Crippen LogP contribution in [-0.2, 0) is 39.4 Å². The molecule has 0 fully saturated rings. The van der Waals surface area contributed by atoms with Gasteiger partial charge in [0.15, 0.2) is 0 Å². The van der Waals surface area contributed by atoms with Gasteiger partial charge >= 0.3 is 32.2 Å². The maximum Gasteiger partial charge on any atom is 0.412 e.